The van der Waals surface area contributed by atoms with Crippen molar-refractivity contribution >= 4 is 18.3 Å². The first-order chi connectivity index (χ1) is 8.29. The Morgan fingerprint density at radius 1 is 1.39 bits per heavy atom. The van der Waals surface area contributed by atoms with Crippen LogP contribution in [-0.4, -0.2) is 25.1 Å². The lowest BCUT2D eigenvalue weighted by atomic mass is 10.2. The number of benzene rings is 1. The number of para-hydroxylation sites is 1. The molecule has 4 nitrogen and oxygen atoms in total. The Morgan fingerprint density at radius 3 is 2.61 bits per heavy atom. The number of nitrogens with two attached hydrogens (primary N) is 1. The molecular weight excluding hydrogens is 252 g/mol. The van der Waals surface area contributed by atoms with Crippen LogP contribution < -0.4 is 15.8 Å². The number of hydrogen-bond acceptors (Lipinski definition) is 3. The average molecular weight is 271 g/mol. The molecule has 5 heteroatoms. The van der Waals surface area contributed by atoms with E-state index in [1.165, 1.54) is 12.8 Å². The van der Waals surface area contributed by atoms with Gasteiger partial charge < -0.3 is 15.8 Å². The number of halogens is 1. The molecule has 1 aromatic carbocycles. The molecule has 1 fully saturated rings. The van der Waals surface area contributed by atoms with Gasteiger partial charge in [-0.1, -0.05) is 18.2 Å². The average Bonchev–Trinajstić information content (AvgIpc) is 3.19. The predicted octanol–water partition coefficient (Wildman–Crippen LogP) is 1.34. The van der Waals surface area contributed by atoms with Crippen molar-refractivity contribution in [1.82, 2.24) is 5.32 Å². The maximum Gasteiger partial charge on any atom is 0.258 e. The summed E-state index contributed by atoms with van der Waals surface area (Å²) in [6, 6.07) is 9.43. The van der Waals surface area contributed by atoms with Gasteiger partial charge in [-0.15, -0.1) is 12.4 Å². The smallest absolute Gasteiger partial charge is 0.258 e. The molecule has 0 saturated heterocycles. The number of rotatable bonds is 6. The first-order valence-corrected chi connectivity index (χ1v) is 5.97. The van der Waals surface area contributed by atoms with Gasteiger partial charge >= 0.3 is 0 Å². The van der Waals surface area contributed by atoms with Crippen molar-refractivity contribution in [3.05, 3.63) is 30.3 Å². The topological polar surface area (TPSA) is 64.3 Å². The molecule has 18 heavy (non-hydrogen) atoms. The summed E-state index contributed by atoms with van der Waals surface area (Å²) in [6.07, 6.45) is 2.34. The van der Waals surface area contributed by atoms with Gasteiger partial charge in [0, 0.05) is 12.6 Å². The van der Waals surface area contributed by atoms with Crippen LogP contribution in [0.1, 0.15) is 12.8 Å². The van der Waals surface area contributed by atoms with E-state index < -0.39 is 0 Å². The van der Waals surface area contributed by atoms with Crippen LogP contribution in [0.3, 0.4) is 0 Å². The summed E-state index contributed by atoms with van der Waals surface area (Å²) < 4.78 is 5.36. The first kappa shape index (κ1) is 14.8. The van der Waals surface area contributed by atoms with Gasteiger partial charge in [-0.05, 0) is 30.9 Å². The lowest BCUT2D eigenvalue weighted by molar-refractivity contribution is -0.123. The summed E-state index contributed by atoms with van der Waals surface area (Å²) in [5, 5.41) is 2.91. The van der Waals surface area contributed by atoms with Gasteiger partial charge in [0.2, 0.25) is 0 Å². The Kier molecular flexibility index (Phi) is 5.95. The van der Waals surface area contributed by atoms with Crippen LogP contribution in [0.25, 0.3) is 0 Å². The van der Waals surface area contributed by atoms with E-state index in [4.69, 9.17) is 10.5 Å². The highest BCUT2D eigenvalue weighted by atomic mass is 35.5. The van der Waals surface area contributed by atoms with Crippen LogP contribution >= 0.6 is 12.4 Å². The Morgan fingerprint density at radius 2 is 2.06 bits per heavy atom. The minimum absolute atomic E-state index is 0. The molecule has 1 amide bonds. The third kappa shape index (κ3) is 4.55. The summed E-state index contributed by atoms with van der Waals surface area (Å²) >= 11 is 0. The first-order valence-electron chi connectivity index (χ1n) is 5.97. The molecule has 0 heterocycles. The van der Waals surface area contributed by atoms with Crippen molar-refractivity contribution < 1.29 is 9.53 Å². The molecule has 1 aliphatic carbocycles. The normalized spacial score (nSPS) is 15.4. The van der Waals surface area contributed by atoms with E-state index in [9.17, 15) is 4.79 Å². The molecule has 100 valence electrons. The molecule has 0 radical (unpaired) electrons. The largest absolute Gasteiger partial charge is 0.484 e. The van der Waals surface area contributed by atoms with Gasteiger partial charge in [0.05, 0.1) is 0 Å². The fraction of sp³-hybridized carbons (Fsp3) is 0.462. The maximum atomic E-state index is 11.6. The van der Waals surface area contributed by atoms with Crippen LogP contribution in [0.5, 0.6) is 5.75 Å². The van der Waals surface area contributed by atoms with Gasteiger partial charge in [-0.2, -0.15) is 0 Å². The van der Waals surface area contributed by atoms with E-state index in [0.717, 1.165) is 0 Å². The molecule has 3 N–H and O–H groups in total. The standard InChI is InChI=1S/C13H18N2O2.ClH/c14-8-12(10-6-7-10)15-13(16)9-17-11-4-2-1-3-5-11;/h1-5,10,12H,6-9,14H2,(H,15,16);1H. The van der Waals surface area contributed by atoms with Crippen LogP contribution in [-0.2, 0) is 4.79 Å². The Bertz CT molecular complexity index is 369. The Balaban J connectivity index is 0.00000162. The highest BCUT2D eigenvalue weighted by molar-refractivity contribution is 5.85. The fourth-order valence-corrected chi connectivity index (χ4v) is 1.78. The van der Waals surface area contributed by atoms with E-state index in [1.54, 1.807) is 0 Å². The summed E-state index contributed by atoms with van der Waals surface area (Å²) in [5.41, 5.74) is 5.61. The molecule has 0 spiro atoms. The lowest BCUT2D eigenvalue weighted by Gasteiger charge is -2.16. The van der Waals surface area contributed by atoms with E-state index in [2.05, 4.69) is 5.32 Å². The second-order valence-electron chi connectivity index (χ2n) is 4.35. The number of hydrogen-bond donors (Lipinski definition) is 2. The van der Waals surface area contributed by atoms with Gasteiger partial charge in [0.25, 0.3) is 5.91 Å². The molecule has 2 rings (SSSR count). The molecule has 0 aliphatic heterocycles. The lowest BCUT2D eigenvalue weighted by Crippen LogP contribution is -2.43. The second kappa shape index (κ2) is 7.24. The van der Waals surface area contributed by atoms with Crippen LogP contribution in [0.4, 0.5) is 0 Å². The third-order valence-electron chi connectivity index (χ3n) is 2.90. The zero-order chi connectivity index (χ0) is 12.1. The molecule has 1 saturated carbocycles. The zero-order valence-corrected chi connectivity index (χ0v) is 11.0. The van der Waals surface area contributed by atoms with Crippen molar-refractivity contribution in [3.63, 3.8) is 0 Å². The molecular formula is C13H19ClN2O2. The van der Waals surface area contributed by atoms with E-state index in [-0.39, 0.29) is 31.0 Å². The second-order valence-corrected chi connectivity index (χ2v) is 4.35. The highest BCUT2D eigenvalue weighted by Gasteiger charge is 2.31. The minimum Gasteiger partial charge on any atom is -0.484 e. The number of ether oxygens (including phenoxy) is 1. The van der Waals surface area contributed by atoms with E-state index >= 15 is 0 Å². The third-order valence-corrected chi connectivity index (χ3v) is 2.90. The molecule has 1 unspecified atom stereocenters. The number of carbonyl (C=O) groups excluding carboxylic acids is 1. The zero-order valence-electron chi connectivity index (χ0n) is 10.2. The Labute approximate surface area is 113 Å². The van der Waals surface area contributed by atoms with Crippen LogP contribution in [0, 0.1) is 5.92 Å². The molecule has 1 aliphatic rings. The van der Waals surface area contributed by atoms with Crippen molar-refractivity contribution in [3.8, 4) is 5.75 Å². The minimum atomic E-state index is -0.101. The number of nitrogens with one attached hydrogen (secondary N) is 1. The van der Waals surface area contributed by atoms with Gasteiger partial charge in [-0.3, -0.25) is 4.79 Å². The summed E-state index contributed by atoms with van der Waals surface area (Å²) in [4.78, 5) is 11.6. The Hall–Kier alpha value is -1.26. The van der Waals surface area contributed by atoms with Crippen molar-refractivity contribution in [2.24, 2.45) is 11.7 Å². The summed E-state index contributed by atoms with van der Waals surface area (Å²) in [7, 11) is 0. The molecule has 0 bridgehead atoms. The van der Waals surface area contributed by atoms with E-state index in [0.29, 0.717) is 18.2 Å². The van der Waals surface area contributed by atoms with Crippen LogP contribution in [0.2, 0.25) is 0 Å². The highest BCUT2D eigenvalue weighted by Crippen LogP contribution is 2.32. The molecule has 1 aromatic rings. The molecule has 1 atom stereocenters. The van der Waals surface area contributed by atoms with Gasteiger partial charge in [0.15, 0.2) is 6.61 Å². The SMILES string of the molecule is Cl.NCC(NC(=O)COc1ccccc1)C1CC1. The predicted molar refractivity (Wildman–Crippen MR) is 72.9 cm³/mol. The quantitative estimate of drug-likeness (QED) is 0.820. The van der Waals surface area contributed by atoms with Gasteiger partial charge in [-0.25, -0.2) is 0 Å². The van der Waals surface area contributed by atoms with Crippen molar-refractivity contribution in [1.29, 1.82) is 0 Å². The maximum absolute atomic E-state index is 11.6. The van der Waals surface area contributed by atoms with Crippen molar-refractivity contribution in [2.45, 2.75) is 18.9 Å². The van der Waals surface area contributed by atoms with Gasteiger partial charge in [0.1, 0.15) is 5.75 Å². The van der Waals surface area contributed by atoms with E-state index in [1.807, 2.05) is 30.3 Å². The van der Waals surface area contributed by atoms with Crippen LogP contribution in [0.15, 0.2) is 30.3 Å². The summed E-state index contributed by atoms with van der Waals surface area (Å²) in [5.74, 6) is 1.18. The fourth-order valence-electron chi connectivity index (χ4n) is 1.78. The monoisotopic (exact) mass is 270 g/mol. The van der Waals surface area contributed by atoms with Crippen molar-refractivity contribution in [2.75, 3.05) is 13.2 Å². The number of carbonyl (C=O) groups is 1. The molecule has 0 aromatic heterocycles. The summed E-state index contributed by atoms with van der Waals surface area (Å²) in [6.45, 7) is 0.551. The number of amides is 1.